The first-order valence-corrected chi connectivity index (χ1v) is 11.3. The molecule has 1 fully saturated rings. The maximum absolute atomic E-state index is 9.91. The number of ether oxygens (including phenoxy) is 2. The third kappa shape index (κ3) is 5.08. The van der Waals surface area contributed by atoms with E-state index in [1.165, 1.54) is 10.4 Å². The topological polar surface area (TPSA) is 68.2 Å². The summed E-state index contributed by atoms with van der Waals surface area (Å²) in [7, 11) is -1.99. The van der Waals surface area contributed by atoms with Crippen LogP contribution in [0.3, 0.4) is 0 Å². The van der Waals surface area contributed by atoms with Gasteiger partial charge in [0, 0.05) is 0 Å². The van der Waals surface area contributed by atoms with Gasteiger partial charge in [0.2, 0.25) is 9.04 Å². The average molecular weight is 403 g/mol. The smallest absolute Gasteiger partial charge is 0.240 e. The van der Waals surface area contributed by atoms with E-state index in [4.69, 9.17) is 13.9 Å². The van der Waals surface area contributed by atoms with Gasteiger partial charge in [-0.3, -0.25) is 0 Å². The number of aliphatic hydroxyl groups is 2. The lowest BCUT2D eigenvalue weighted by molar-refractivity contribution is -0.162. The zero-order chi connectivity index (χ0) is 20.1. The second kappa shape index (κ2) is 9.30. The molecule has 1 saturated heterocycles. The summed E-state index contributed by atoms with van der Waals surface area (Å²) >= 11 is 0. The molecule has 152 valence electrons. The summed E-state index contributed by atoms with van der Waals surface area (Å²) in [6.07, 6.45) is -2.41. The van der Waals surface area contributed by atoms with Crippen LogP contribution in [0.15, 0.2) is 60.7 Å². The van der Waals surface area contributed by atoms with Gasteiger partial charge in [0.15, 0.2) is 6.29 Å². The van der Waals surface area contributed by atoms with Gasteiger partial charge in [0.1, 0.15) is 18.3 Å². The van der Waals surface area contributed by atoms with E-state index in [-0.39, 0.29) is 24.7 Å². The standard InChI is InChI=1S/C22H30O5Si/c1-22(2,3)20(21-25-15-19(26-21)18(24)14-23)27-28(16-10-6-4-7-11-16)17-12-8-5-9-13-17/h4-13,18-21,23-24,28H,14-15H2,1-3H3/t18?,19-,20?,21-/m1/s1. The largest absolute Gasteiger partial charge is 0.402 e. The molecule has 0 bridgehead atoms. The third-order valence-corrected chi connectivity index (χ3v) is 7.48. The van der Waals surface area contributed by atoms with Crippen molar-refractivity contribution < 1.29 is 24.1 Å². The number of hydrogen-bond acceptors (Lipinski definition) is 5. The molecular formula is C22H30O5Si. The zero-order valence-electron chi connectivity index (χ0n) is 16.7. The Balaban J connectivity index is 1.87. The highest BCUT2D eigenvalue weighted by molar-refractivity contribution is 6.80. The van der Waals surface area contributed by atoms with Crippen LogP contribution >= 0.6 is 0 Å². The van der Waals surface area contributed by atoms with Crippen LogP contribution in [-0.2, 0) is 13.9 Å². The van der Waals surface area contributed by atoms with Crippen molar-refractivity contribution in [2.75, 3.05) is 13.2 Å². The van der Waals surface area contributed by atoms with Gasteiger partial charge in [-0.25, -0.2) is 0 Å². The van der Waals surface area contributed by atoms with Crippen molar-refractivity contribution >= 4 is 19.4 Å². The molecule has 1 aliphatic heterocycles. The summed E-state index contributed by atoms with van der Waals surface area (Å²) in [5.41, 5.74) is -0.238. The van der Waals surface area contributed by atoms with E-state index in [9.17, 15) is 10.2 Å². The Morgan fingerprint density at radius 2 is 1.57 bits per heavy atom. The van der Waals surface area contributed by atoms with Crippen molar-refractivity contribution in [1.82, 2.24) is 0 Å². The fraction of sp³-hybridized carbons (Fsp3) is 0.455. The number of rotatable bonds is 7. The Labute approximate surface area is 168 Å². The van der Waals surface area contributed by atoms with E-state index < -0.39 is 27.5 Å². The van der Waals surface area contributed by atoms with E-state index in [0.29, 0.717) is 0 Å². The van der Waals surface area contributed by atoms with Crippen molar-refractivity contribution in [3.05, 3.63) is 60.7 Å². The Kier molecular flexibility index (Phi) is 7.03. The van der Waals surface area contributed by atoms with Gasteiger partial charge in [-0.1, -0.05) is 81.4 Å². The maximum atomic E-state index is 9.91. The van der Waals surface area contributed by atoms with Crippen LogP contribution in [-0.4, -0.2) is 57.1 Å². The van der Waals surface area contributed by atoms with Crippen molar-refractivity contribution in [2.45, 2.75) is 45.4 Å². The van der Waals surface area contributed by atoms with Crippen molar-refractivity contribution in [2.24, 2.45) is 5.41 Å². The molecule has 2 aromatic carbocycles. The predicted octanol–water partition coefficient (Wildman–Crippen LogP) is 1.05. The second-order valence-electron chi connectivity index (χ2n) is 8.25. The molecule has 1 heterocycles. The molecule has 0 amide bonds. The van der Waals surface area contributed by atoms with E-state index in [1.807, 2.05) is 36.4 Å². The fourth-order valence-corrected chi connectivity index (χ4v) is 6.02. The number of aliphatic hydroxyl groups excluding tert-OH is 2. The first kappa shape index (κ1) is 21.2. The van der Waals surface area contributed by atoms with Crippen molar-refractivity contribution in [3.8, 4) is 0 Å². The molecule has 6 heteroatoms. The lowest BCUT2D eigenvalue weighted by Crippen LogP contribution is -2.53. The van der Waals surface area contributed by atoms with E-state index in [1.54, 1.807) is 0 Å². The molecule has 0 aromatic heterocycles. The highest BCUT2D eigenvalue weighted by Gasteiger charge is 2.43. The minimum Gasteiger partial charge on any atom is -0.402 e. The van der Waals surface area contributed by atoms with E-state index >= 15 is 0 Å². The lowest BCUT2D eigenvalue weighted by atomic mass is 9.89. The molecule has 0 aliphatic carbocycles. The molecular weight excluding hydrogens is 372 g/mol. The Bertz CT molecular complexity index is 679. The van der Waals surface area contributed by atoms with Crippen molar-refractivity contribution in [3.63, 3.8) is 0 Å². The highest BCUT2D eigenvalue weighted by Crippen LogP contribution is 2.31. The minimum absolute atomic E-state index is 0.238. The summed E-state index contributed by atoms with van der Waals surface area (Å²) in [6.45, 7) is 6.18. The molecule has 2 aromatic rings. The summed E-state index contributed by atoms with van der Waals surface area (Å²) in [5.74, 6) is 0. The molecule has 0 radical (unpaired) electrons. The van der Waals surface area contributed by atoms with E-state index in [0.717, 1.165) is 0 Å². The second-order valence-corrected chi connectivity index (χ2v) is 10.6. The van der Waals surface area contributed by atoms with Crippen LogP contribution in [0.2, 0.25) is 0 Å². The average Bonchev–Trinajstić information content (AvgIpc) is 3.18. The monoisotopic (exact) mass is 402 g/mol. The van der Waals surface area contributed by atoms with Crippen LogP contribution in [0.25, 0.3) is 0 Å². The molecule has 2 N–H and O–H groups in total. The summed E-state index contributed by atoms with van der Waals surface area (Å²) < 4.78 is 18.6. The van der Waals surface area contributed by atoms with Gasteiger partial charge in [-0.05, 0) is 15.8 Å². The van der Waals surface area contributed by atoms with E-state index in [2.05, 4.69) is 45.0 Å². The molecule has 28 heavy (non-hydrogen) atoms. The molecule has 4 atom stereocenters. The summed E-state index contributed by atoms with van der Waals surface area (Å²) in [4.78, 5) is 0. The zero-order valence-corrected chi connectivity index (χ0v) is 17.8. The molecule has 1 aliphatic rings. The Hall–Kier alpha value is -1.54. The molecule has 0 saturated carbocycles. The lowest BCUT2D eigenvalue weighted by Gasteiger charge is -2.37. The fourth-order valence-electron chi connectivity index (χ4n) is 3.35. The normalized spacial score (nSPS) is 22.4. The van der Waals surface area contributed by atoms with Crippen LogP contribution in [0.4, 0.5) is 0 Å². The summed E-state index contributed by atoms with van der Waals surface area (Å²) in [5, 5.41) is 21.5. The quantitative estimate of drug-likeness (QED) is 0.678. The first-order chi connectivity index (χ1) is 13.4. The molecule has 5 nitrogen and oxygen atoms in total. The Morgan fingerprint density at radius 3 is 2.04 bits per heavy atom. The van der Waals surface area contributed by atoms with Gasteiger partial charge >= 0.3 is 0 Å². The SMILES string of the molecule is CC(C)(C)C(O[SiH](c1ccccc1)c1ccccc1)[C@@H]1OC[C@H](C(O)CO)O1. The molecule has 3 rings (SSSR count). The number of hydrogen-bond donors (Lipinski definition) is 2. The van der Waals surface area contributed by atoms with Gasteiger partial charge in [0.05, 0.1) is 13.2 Å². The molecule has 0 spiro atoms. The first-order valence-electron chi connectivity index (χ1n) is 9.71. The van der Waals surface area contributed by atoms with Crippen LogP contribution in [0, 0.1) is 5.41 Å². The maximum Gasteiger partial charge on any atom is 0.240 e. The third-order valence-electron chi connectivity index (χ3n) is 4.94. The van der Waals surface area contributed by atoms with Crippen LogP contribution in [0.1, 0.15) is 20.8 Å². The number of benzene rings is 2. The van der Waals surface area contributed by atoms with Crippen LogP contribution < -0.4 is 10.4 Å². The summed E-state index contributed by atoms with van der Waals surface area (Å²) in [6, 6.07) is 20.6. The van der Waals surface area contributed by atoms with Crippen molar-refractivity contribution in [1.29, 1.82) is 0 Å². The van der Waals surface area contributed by atoms with Gasteiger partial charge < -0.3 is 24.1 Å². The Morgan fingerprint density at radius 1 is 1.04 bits per heavy atom. The predicted molar refractivity (Wildman–Crippen MR) is 111 cm³/mol. The highest BCUT2D eigenvalue weighted by atomic mass is 28.3. The molecule has 2 unspecified atom stereocenters. The van der Waals surface area contributed by atoms with Gasteiger partial charge in [-0.15, -0.1) is 0 Å². The minimum atomic E-state index is -1.99. The van der Waals surface area contributed by atoms with Crippen LogP contribution in [0.5, 0.6) is 0 Å². The van der Waals surface area contributed by atoms with Gasteiger partial charge in [0.25, 0.3) is 0 Å². The van der Waals surface area contributed by atoms with Gasteiger partial charge in [-0.2, -0.15) is 0 Å².